The Bertz CT molecular complexity index is 680. The van der Waals surface area contributed by atoms with Crippen molar-refractivity contribution >= 4 is 34.5 Å². The van der Waals surface area contributed by atoms with E-state index >= 15 is 0 Å². The van der Waals surface area contributed by atoms with Gasteiger partial charge in [0, 0.05) is 35.3 Å². The van der Waals surface area contributed by atoms with E-state index in [0.29, 0.717) is 0 Å². The van der Waals surface area contributed by atoms with E-state index in [-0.39, 0.29) is 0 Å². The number of benzene rings is 2. The van der Waals surface area contributed by atoms with Gasteiger partial charge in [-0.05, 0) is 42.3 Å². The molecule has 0 aromatic heterocycles. The number of nitrogen functional groups attached to an aromatic ring is 1. The quantitative estimate of drug-likeness (QED) is 0.699. The maximum atomic E-state index is 6.18. The van der Waals surface area contributed by atoms with E-state index in [9.17, 15) is 0 Å². The van der Waals surface area contributed by atoms with Crippen molar-refractivity contribution in [2.45, 2.75) is 29.6 Å². The number of anilines is 4. The minimum atomic E-state index is 0.900. The molecular weight excluding hydrogens is 278 g/mol. The molecule has 2 aromatic rings. The number of nitrogens with two attached hydrogens (primary N) is 1. The first-order chi connectivity index (χ1) is 10.1. The summed E-state index contributed by atoms with van der Waals surface area (Å²) in [5.41, 5.74) is 11.9. The first-order valence-corrected chi connectivity index (χ1v) is 8.08. The van der Waals surface area contributed by atoms with Crippen molar-refractivity contribution < 1.29 is 0 Å². The Hall–Kier alpha value is -1.81. The van der Waals surface area contributed by atoms with Crippen LogP contribution in [-0.2, 0) is 6.42 Å². The van der Waals surface area contributed by atoms with E-state index in [0.717, 1.165) is 18.5 Å². The normalized spacial score (nSPS) is 12.3. The topological polar surface area (TPSA) is 41.3 Å². The van der Waals surface area contributed by atoms with Crippen LogP contribution in [0.5, 0.6) is 0 Å². The molecule has 1 aliphatic heterocycles. The van der Waals surface area contributed by atoms with Gasteiger partial charge < -0.3 is 16.0 Å². The van der Waals surface area contributed by atoms with Crippen LogP contribution in [0, 0.1) is 0 Å². The van der Waals surface area contributed by atoms with Crippen LogP contribution in [0.25, 0.3) is 0 Å². The van der Waals surface area contributed by atoms with Gasteiger partial charge in [-0.1, -0.05) is 25.1 Å². The smallest absolute Gasteiger partial charge is 0.0530 e. The first-order valence-electron chi connectivity index (χ1n) is 7.27. The fourth-order valence-electron chi connectivity index (χ4n) is 2.55. The van der Waals surface area contributed by atoms with E-state index in [1.165, 1.54) is 32.4 Å². The molecule has 3 nitrogen and oxygen atoms in total. The van der Waals surface area contributed by atoms with E-state index in [2.05, 4.69) is 61.6 Å². The van der Waals surface area contributed by atoms with Crippen molar-refractivity contribution in [3.63, 3.8) is 0 Å². The highest BCUT2D eigenvalue weighted by Gasteiger charge is 2.18. The van der Waals surface area contributed by atoms with Crippen molar-refractivity contribution in [1.29, 1.82) is 0 Å². The van der Waals surface area contributed by atoms with Gasteiger partial charge in [-0.2, -0.15) is 0 Å². The summed E-state index contributed by atoms with van der Waals surface area (Å²) in [5.74, 6) is 0. The Morgan fingerprint density at radius 1 is 1.10 bits per heavy atom. The third kappa shape index (κ3) is 2.68. The molecule has 110 valence electrons. The van der Waals surface area contributed by atoms with Gasteiger partial charge in [0.15, 0.2) is 0 Å². The lowest BCUT2D eigenvalue weighted by Gasteiger charge is -2.24. The second-order valence-corrected chi connectivity index (χ2v) is 6.68. The Kier molecular flexibility index (Phi) is 3.72. The molecule has 0 radical (unpaired) electrons. The lowest BCUT2D eigenvalue weighted by Crippen LogP contribution is -2.09. The minimum absolute atomic E-state index is 0.900. The average Bonchev–Trinajstić information content (AvgIpc) is 2.45. The molecule has 0 atom stereocenters. The molecule has 3 N–H and O–H groups in total. The predicted octanol–water partition coefficient (Wildman–Crippen LogP) is 4.50. The van der Waals surface area contributed by atoms with Crippen LogP contribution in [0.2, 0.25) is 0 Å². The number of aryl methyl sites for hydroxylation is 1. The predicted molar refractivity (Wildman–Crippen MR) is 93.0 cm³/mol. The van der Waals surface area contributed by atoms with E-state index in [1.807, 2.05) is 0 Å². The van der Waals surface area contributed by atoms with Crippen LogP contribution >= 0.6 is 11.8 Å². The number of nitrogens with zero attached hydrogens (tertiary/aromatic N) is 1. The molecule has 1 aliphatic rings. The molecule has 0 saturated carbocycles. The molecule has 2 aromatic carbocycles. The molecule has 0 fully saturated rings. The molecule has 4 heteroatoms. The average molecular weight is 299 g/mol. The Morgan fingerprint density at radius 2 is 1.86 bits per heavy atom. The van der Waals surface area contributed by atoms with Crippen molar-refractivity contribution in [2.24, 2.45) is 0 Å². The zero-order chi connectivity index (χ0) is 15.0. The standard InChI is InChI=1S/C17H21N3S/c1-4-5-11-8-15-17(10-13(11)18)21-16-9-12(20(2)3)6-7-14(16)19-15/h6-10,19H,4-5,18H2,1-3H3. The van der Waals surface area contributed by atoms with Gasteiger partial charge in [-0.3, -0.25) is 0 Å². The van der Waals surface area contributed by atoms with Gasteiger partial charge in [0.2, 0.25) is 0 Å². The molecule has 0 bridgehead atoms. The Labute approximate surface area is 130 Å². The number of nitrogens with one attached hydrogen (secondary N) is 1. The molecule has 0 saturated heterocycles. The molecule has 0 aliphatic carbocycles. The molecule has 3 rings (SSSR count). The minimum Gasteiger partial charge on any atom is -0.398 e. The van der Waals surface area contributed by atoms with Gasteiger partial charge in [-0.15, -0.1) is 0 Å². The highest BCUT2D eigenvalue weighted by molar-refractivity contribution is 7.99. The fourth-order valence-corrected chi connectivity index (χ4v) is 3.60. The zero-order valence-electron chi connectivity index (χ0n) is 12.7. The van der Waals surface area contributed by atoms with Crippen LogP contribution in [0.1, 0.15) is 18.9 Å². The van der Waals surface area contributed by atoms with Gasteiger partial charge in [0.05, 0.1) is 11.4 Å². The third-order valence-electron chi connectivity index (χ3n) is 3.73. The highest BCUT2D eigenvalue weighted by Crippen LogP contribution is 2.46. The Balaban J connectivity index is 1.98. The summed E-state index contributed by atoms with van der Waals surface area (Å²) in [6.45, 7) is 2.18. The second kappa shape index (κ2) is 5.53. The van der Waals surface area contributed by atoms with Crippen molar-refractivity contribution in [1.82, 2.24) is 0 Å². The largest absolute Gasteiger partial charge is 0.398 e. The van der Waals surface area contributed by atoms with E-state index in [4.69, 9.17) is 5.73 Å². The maximum absolute atomic E-state index is 6.18. The molecule has 0 amide bonds. The number of hydrogen-bond acceptors (Lipinski definition) is 4. The van der Waals surface area contributed by atoms with Gasteiger partial charge in [0.25, 0.3) is 0 Å². The molecule has 0 spiro atoms. The van der Waals surface area contributed by atoms with Crippen LogP contribution in [0.15, 0.2) is 40.1 Å². The summed E-state index contributed by atoms with van der Waals surface area (Å²) < 4.78 is 0. The fraction of sp³-hybridized carbons (Fsp3) is 0.294. The van der Waals surface area contributed by atoms with Crippen molar-refractivity contribution in [3.05, 3.63) is 35.9 Å². The SMILES string of the molecule is CCCc1cc2c(cc1N)Sc1cc(N(C)C)ccc1N2. The highest BCUT2D eigenvalue weighted by atomic mass is 32.2. The summed E-state index contributed by atoms with van der Waals surface area (Å²) in [6.07, 6.45) is 2.14. The van der Waals surface area contributed by atoms with Gasteiger partial charge in [-0.25, -0.2) is 0 Å². The van der Waals surface area contributed by atoms with Crippen LogP contribution < -0.4 is 16.0 Å². The molecular formula is C17H21N3S. The monoisotopic (exact) mass is 299 g/mol. The van der Waals surface area contributed by atoms with Gasteiger partial charge >= 0.3 is 0 Å². The lowest BCUT2D eigenvalue weighted by molar-refractivity contribution is 0.923. The molecule has 0 unspecified atom stereocenters. The molecule has 1 heterocycles. The zero-order valence-corrected chi connectivity index (χ0v) is 13.6. The number of hydrogen-bond donors (Lipinski definition) is 2. The lowest BCUT2D eigenvalue weighted by atomic mass is 10.1. The summed E-state index contributed by atoms with van der Waals surface area (Å²) in [7, 11) is 4.12. The Morgan fingerprint density at radius 3 is 2.57 bits per heavy atom. The summed E-state index contributed by atoms with van der Waals surface area (Å²) in [6, 6.07) is 10.8. The number of fused-ring (bicyclic) bond motifs is 2. The second-order valence-electron chi connectivity index (χ2n) is 5.60. The van der Waals surface area contributed by atoms with Crippen molar-refractivity contribution in [2.75, 3.05) is 30.0 Å². The number of rotatable bonds is 3. The summed E-state index contributed by atoms with van der Waals surface area (Å²) in [4.78, 5) is 4.57. The van der Waals surface area contributed by atoms with Crippen LogP contribution in [0.4, 0.5) is 22.7 Å². The third-order valence-corrected chi connectivity index (χ3v) is 4.85. The van der Waals surface area contributed by atoms with Crippen LogP contribution in [0.3, 0.4) is 0 Å². The van der Waals surface area contributed by atoms with Crippen LogP contribution in [-0.4, -0.2) is 14.1 Å². The van der Waals surface area contributed by atoms with E-state index in [1.54, 1.807) is 11.8 Å². The van der Waals surface area contributed by atoms with E-state index < -0.39 is 0 Å². The van der Waals surface area contributed by atoms with Crippen molar-refractivity contribution in [3.8, 4) is 0 Å². The maximum Gasteiger partial charge on any atom is 0.0530 e. The summed E-state index contributed by atoms with van der Waals surface area (Å²) in [5, 5.41) is 3.54. The van der Waals surface area contributed by atoms with Gasteiger partial charge in [0.1, 0.15) is 0 Å². The summed E-state index contributed by atoms with van der Waals surface area (Å²) >= 11 is 1.79. The first kappa shape index (κ1) is 14.1. The molecule has 21 heavy (non-hydrogen) atoms.